The van der Waals surface area contributed by atoms with Gasteiger partial charge in [-0.1, -0.05) is 0 Å². The second-order valence-corrected chi connectivity index (χ2v) is 6.83. The van der Waals surface area contributed by atoms with Crippen LogP contribution >= 0.6 is 11.3 Å². The van der Waals surface area contributed by atoms with Crippen molar-refractivity contribution in [2.75, 3.05) is 4.72 Å². The average molecular weight is 313 g/mol. The third kappa shape index (κ3) is 2.91. The third-order valence-corrected chi connectivity index (χ3v) is 4.87. The highest BCUT2D eigenvalue weighted by atomic mass is 32.2. The first kappa shape index (κ1) is 14.4. The number of rotatable bonds is 4. The van der Waals surface area contributed by atoms with Crippen LogP contribution in [-0.4, -0.2) is 24.6 Å². The Hall–Kier alpha value is -2.06. The fourth-order valence-electron chi connectivity index (χ4n) is 1.55. The number of anilines is 1. The lowest BCUT2D eigenvalue weighted by Gasteiger charge is -2.08. The molecule has 0 saturated carbocycles. The van der Waals surface area contributed by atoms with Gasteiger partial charge in [0.15, 0.2) is 0 Å². The topological polar surface area (TPSA) is 104 Å². The van der Waals surface area contributed by atoms with Crippen molar-refractivity contribution in [2.45, 2.75) is 11.8 Å². The molecular weight excluding hydrogens is 302 g/mol. The molecule has 0 aliphatic rings. The minimum Gasteiger partial charge on any atom is -0.507 e. The summed E-state index contributed by atoms with van der Waals surface area (Å²) in [4.78, 5) is 11.7. The standard InChI is InChI=1S/C12H11NO5S2/c1-7-4-9(6-19-7)20(17,18)13-8-2-3-10(12(15)16)11(14)5-8/h2-6,13-14H,1H3,(H,15,16). The van der Waals surface area contributed by atoms with Crippen LogP contribution in [0.15, 0.2) is 34.5 Å². The van der Waals surface area contributed by atoms with Crippen molar-refractivity contribution in [1.29, 1.82) is 0 Å². The first-order chi connectivity index (χ1) is 9.29. The zero-order valence-electron chi connectivity index (χ0n) is 10.3. The van der Waals surface area contributed by atoms with E-state index in [0.29, 0.717) is 0 Å². The molecule has 1 aromatic carbocycles. The summed E-state index contributed by atoms with van der Waals surface area (Å²) in [6, 6.07) is 4.99. The van der Waals surface area contributed by atoms with Crippen LogP contribution in [0.1, 0.15) is 15.2 Å². The summed E-state index contributed by atoms with van der Waals surface area (Å²) >= 11 is 1.31. The molecule has 3 N–H and O–H groups in total. The molecule has 0 bridgehead atoms. The molecule has 0 saturated heterocycles. The Kier molecular flexibility index (Phi) is 3.69. The highest BCUT2D eigenvalue weighted by Crippen LogP contribution is 2.25. The van der Waals surface area contributed by atoms with E-state index in [1.807, 2.05) is 0 Å². The lowest BCUT2D eigenvalue weighted by atomic mass is 10.2. The highest BCUT2D eigenvalue weighted by Gasteiger charge is 2.17. The van der Waals surface area contributed by atoms with Gasteiger partial charge >= 0.3 is 5.97 Å². The van der Waals surface area contributed by atoms with Gasteiger partial charge in [-0.05, 0) is 25.1 Å². The number of phenols is 1. The fourth-order valence-corrected chi connectivity index (χ4v) is 3.73. The van der Waals surface area contributed by atoms with Crippen LogP contribution in [0, 0.1) is 6.92 Å². The molecule has 1 heterocycles. The monoisotopic (exact) mass is 313 g/mol. The van der Waals surface area contributed by atoms with E-state index >= 15 is 0 Å². The van der Waals surface area contributed by atoms with Crippen molar-refractivity contribution in [3.8, 4) is 5.75 Å². The van der Waals surface area contributed by atoms with Crippen molar-refractivity contribution in [1.82, 2.24) is 0 Å². The Balaban J connectivity index is 2.30. The number of carboxylic acids is 1. The number of thiophene rings is 1. The molecule has 0 aliphatic heterocycles. The van der Waals surface area contributed by atoms with Gasteiger partial charge in [-0.15, -0.1) is 11.3 Å². The van der Waals surface area contributed by atoms with Crippen LogP contribution in [0.5, 0.6) is 5.75 Å². The van der Waals surface area contributed by atoms with Crippen LogP contribution in [-0.2, 0) is 10.0 Å². The summed E-state index contributed by atoms with van der Waals surface area (Å²) in [6.07, 6.45) is 0. The van der Waals surface area contributed by atoms with Crippen LogP contribution in [0.2, 0.25) is 0 Å². The maximum absolute atomic E-state index is 12.0. The normalized spacial score (nSPS) is 11.2. The van der Waals surface area contributed by atoms with Gasteiger partial charge in [0.2, 0.25) is 0 Å². The van der Waals surface area contributed by atoms with Crippen molar-refractivity contribution >= 4 is 33.0 Å². The van der Waals surface area contributed by atoms with Gasteiger partial charge in [0.25, 0.3) is 10.0 Å². The molecule has 6 nitrogen and oxygen atoms in total. The third-order valence-electron chi connectivity index (χ3n) is 2.50. The number of aromatic hydroxyl groups is 1. The summed E-state index contributed by atoms with van der Waals surface area (Å²) in [7, 11) is -3.74. The van der Waals surface area contributed by atoms with Crippen molar-refractivity contribution in [2.24, 2.45) is 0 Å². The first-order valence-electron chi connectivity index (χ1n) is 5.44. The van der Waals surface area contributed by atoms with Crippen molar-refractivity contribution in [3.63, 3.8) is 0 Å². The molecular formula is C12H11NO5S2. The van der Waals surface area contributed by atoms with Gasteiger partial charge in [-0.2, -0.15) is 0 Å². The van der Waals surface area contributed by atoms with E-state index in [-0.39, 0.29) is 16.1 Å². The summed E-state index contributed by atoms with van der Waals surface area (Å²) in [5.41, 5.74) is -0.198. The molecule has 2 rings (SSSR count). The quantitative estimate of drug-likeness (QED) is 0.803. The number of hydrogen-bond donors (Lipinski definition) is 3. The molecule has 8 heteroatoms. The van der Waals surface area contributed by atoms with Crippen LogP contribution < -0.4 is 4.72 Å². The maximum Gasteiger partial charge on any atom is 0.339 e. The smallest absolute Gasteiger partial charge is 0.339 e. The largest absolute Gasteiger partial charge is 0.507 e. The predicted molar refractivity (Wildman–Crippen MR) is 74.9 cm³/mol. The van der Waals surface area contributed by atoms with E-state index < -0.39 is 21.7 Å². The van der Waals surface area contributed by atoms with Gasteiger partial charge in [0.05, 0.1) is 10.6 Å². The number of aryl methyl sites for hydroxylation is 1. The van der Waals surface area contributed by atoms with Crippen molar-refractivity contribution < 1.29 is 23.4 Å². The molecule has 20 heavy (non-hydrogen) atoms. The Bertz CT molecular complexity index is 764. The average Bonchev–Trinajstić information content (AvgIpc) is 2.75. The van der Waals surface area contributed by atoms with E-state index in [1.54, 1.807) is 6.92 Å². The molecule has 0 fully saturated rings. The minimum atomic E-state index is -3.74. The molecule has 0 spiro atoms. The molecule has 0 radical (unpaired) electrons. The molecule has 106 valence electrons. The van der Waals surface area contributed by atoms with Crippen LogP contribution in [0.3, 0.4) is 0 Å². The summed E-state index contributed by atoms with van der Waals surface area (Å²) < 4.78 is 26.4. The van der Waals surface area contributed by atoms with E-state index in [9.17, 15) is 18.3 Å². The van der Waals surface area contributed by atoms with E-state index in [0.717, 1.165) is 17.0 Å². The zero-order valence-corrected chi connectivity index (χ0v) is 12.0. The molecule has 0 amide bonds. The van der Waals surface area contributed by atoms with Gasteiger partial charge in [0.1, 0.15) is 11.3 Å². The summed E-state index contributed by atoms with van der Waals surface area (Å²) in [5, 5.41) is 19.8. The fraction of sp³-hybridized carbons (Fsp3) is 0.0833. The Morgan fingerprint density at radius 2 is 2.00 bits per heavy atom. The number of carboxylic acid groups (broad SMARTS) is 1. The number of benzene rings is 1. The van der Waals surface area contributed by atoms with Gasteiger partial charge in [-0.25, -0.2) is 13.2 Å². The zero-order chi connectivity index (χ0) is 14.9. The van der Waals surface area contributed by atoms with Crippen molar-refractivity contribution in [3.05, 3.63) is 40.1 Å². The lowest BCUT2D eigenvalue weighted by Crippen LogP contribution is -2.12. The molecule has 0 unspecified atom stereocenters. The SMILES string of the molecule is Cc1cc(S(=O)(=O)Nc2ccc(C(=O)O)c(O)c2)cs1. The minimum absolute atomic E-state index is 0.0938. The van der Waals surface area contributed by atoms with Gasteiger partial charge in [0, 0.05) is 16.3 Å². The van der Waals surface area contributed by atoms with E-state index in [2.05, 4.69) is 4.72 Å². The second-order valence-electron chi connectivity index (χ2n) is 4.04. The summed E-state index contributed by atoms with van der Waals surface area (Å²) in [5.74, 6) is -1.79. The number of aromatic carboxylic acids is 1. The van der Waals surface area contributed by atoms with Gasteiger partial charge in [-0.3, -0.25) is 4.72 Å². The number of carbonyl (C=O) groups is 1. The highest BCUT2D eigenvalue weighted by molar-refractivity contribution is 7.92. The number of nitrogens with one attached hydrogen (secondary N) is 1. The van der Waals surface area contributed by atoms with E-state index in [4.69, 9.17) is 5.11 Å². The molecule has 1 aromatic heterocycles. The number of hydrogen-bond acceptors (Lipinski definition) is 5. The Morgan fingerprint density at radius 3 is 2.50 bits per heavy atom. The molecule has 0 aliphatic carbocycles. The van der Waals surface area contributed by atoms with Gasteiger partial charge < -0.3 is 10.2 Å². The summed E-state index contributed by atoms with van der Waals surface area (Å²) in [6.45, 7) is 1.79. The van der Waals surface area contributed by atoms with Crippen LogP contribution in [0.4, 0.5) is 5.69 Å². The lowest BCUT2D eigenvalue weighted by molar-refractivity contribution is 0.0694. The number of sulfonamides is 1. The van der Waals surface area contributed by atoms with Crippen LogP contribution in [0.25, 0.3) is 0 Å². The first-order valence-corrected chi connectivity index (χ1v) is 7.80. The predicted octanol–water partition coefficient (Wildman–Crippen LogP) is 2.26. The molecule has 0 atom stereocenters. The molecule has 2 aromatic rings. The Morgan fingerprint density at radius 1 is 1.30 bits per heavy atom. The second kappa shape index (κ2) is 5.14. The Labute approximate surface area is 119 Å². The van der Waals surface area contributed by atoms with E-state index in [1.165, 1.54) is 28.8 Å². The maximum atomic E-state index is 12.0.